The Morgan fingerprint density at radius 3 is 2.36 bits per heavy atom. The molecule has 11 heteroatoms. The maximum absolute atomic E-state index is 13.0. The number of aromatic amines is 1. The number of rotatable bonds is 6. The molecule has 1 fully saturated rings. The van der Waals surface area contributed by atoms with Crippen LogP contribution in [0.3, 0.4) is 0 Å². The summed E-state index contributed by atoms with van der Waals surface area (Å²) in [7, 11) is 0. The molecule has 8 nitrogen and oxygen atoms in total. The number of nitrogens with zero attached hydrogens (tertiary/aromatic N) is 2. The molecule has 1 aromatic heterocycles. The number of amides is 2. The molecule has 178 valence electrons. The second-order valence-electron chi connectivity index (χ2n) is 8.13. The molecule has 1 atom stereocenters. The van der Waals surface area contributed by atoms with Crippen LogP contribution in [0, 0.1) is 5.92 Å². The molecule has 2 aromatic rings. The van der Waals surface area contributed by atoms with Gasteiger partial charge in [0.05, 0.1) is 5.56 Å². The van der Waals surface area contributed by atoms with E-state index < -0.39 is 29.2 Å². The molecule has 1 aliphatic heterocycles. The van der Waals surface area contributed by atoms with Crippen molar-refractivity contribution in [3.63, 3.8) is 0 Å². The Kier molecular flexibility index (Phi) is 7.39. The number of aromatic nitrogens is 2. The molecule has 3 rings (SSSR count). The van der Waals surface area contributed by atoms with Crippen LogP contribution in [0.4, 0.5) is 13.2 Å². The van der Waals surface area contributed by atoms with Gasteiger partial charge in [0.1, 0.15) is 17.9 Å². The number of carbonyl (C=O) groups excluding carboxylic acids is 2. The summed E-state index contributed by atoms with van der Waals surface area (Å²) < 4.78 is 43.8. The number of ether oxygens (including phenoxy) is 1. The van der Waals surface area contributed by atoms with Crippen molar-refractivity contribution in [2.45, 2.75) is 45.0 Å². The first kappa shape index (κ1) is 24.3. The van der Waals surface area contributed by atoms with Gasteiger partial charge < -0.3 is 19.9 Å². The maximum atomic E-state index is 13.0. The van der Waals surface area contributed by atoms with E-state index >= 15 is 0 Å². The van der Waals surface area contributed by atoms with Gasteiger partial charge in [0.25, 0.3) is 11.5 Å². The van der Waals surface area contributed by atoms with Crippen LogP contribution < -0.4 is 15.6 Å². The lowest BCUT2D eigenvalue weighted by atomic mass is 10.00. The zero-order valence-electron chi connectivity index (χ0n) is 18.2. The number of piperidine rings is 1. The van der Waals surface area contributed by atoms with Gasteiger partial charge in [-0.3, -0.25) is 14.4 Å². The summed E-state index contributed by atoms with van der Waals surface area (Å²) >= 11 is 0. The molecule has 0 saturated carbocycles. The van der Waals surface area contributed by atoms with Crippen LogP contribution in [0.2, 0.25) is 0 Å². The van der Waals surface area contributed by atoms with Gasteiger partial charge in [-0.25, -0.2) is 4.98 Å². The lowest BCUT2D eigenvalue weighted by Gasteiger charge is -2.35. The summed E-state index contributed by atoms with van der Waals surface area (Å²) in [4.78, 5) is 45.0. The summed E-state index contributed by atoms with van der Waals surface area (Å²) in [5, 5.41) is 2.60. The standard InChI is InChI=1S/C22H25F3N4O4/c1-13(2)17(28-20(31)18-19(30)27-10-9-26-18)21(32)29-11-7-16(8-12-29)33-15-5-3-14(4-6-15)22(23,24)25/h3-6,9-10,13,16-17H,7-8,11-12H2,1-2H3,(H,27,30)(H,28,31)/t17-/m0/s1. The van der Waals surface area contributed by atoms with Gasteiger partial charge in [0, 0.05) is 38.3 Å². The van der Waals surface area contributed by atoms with E-state index in [1.54, 1.807) is 18.7 Å². The number of likely N-dealkylation sites (tertiary alicyclic amines) is 1. The van der Waals surface area contributed by atoms with E-state index in [0.29, 0.717) is 31.7 Å². The summed E-state index contributed by atoms with van der Waals surface area (Å²) in [5.41, 5.74) is -1.71. The average molecular weight is 466 g/mol. The van der Waals surface area contributed by atoms with Crippen molar-refractivity contribution in [1.82, 2.24) is 20.2 Å². The lowest BCUT2D eigenvalue weighted by Crippen LogP contribution is -2.54. The maximum Gasteiger partial charge on any atom is 0.416 e. The molecule has 1 aliphatic rings. The van der Waals surface area contributed by atoms with Gasteiger partial charge >= 0.3 is 6.18 Å². The number of alkyl halides is 3. The van der Waals surface area contributed by atoms with Gasteiger partial charge in [-0.15, -0.1) is 0 Å². The van der Waals surface area contributed by atoms with E-state index in [4.69, 9.17) is 4.74 Å². The number of hydrogen-bond donors (Lipinski definition) is 2. The fourth-order valence-electron chi connectivity index (χ4n) is 3.54. The molecule has 0 unspecified atom stereocenters. The molecule has 33 heavy (non-hydrogen) atoms. The molecule has 0 spiro atoms. The molecular weight excluding hydrogens is 441 g/mol. The van der Waals surface area contributed by atoms with Crippen molar-refractivity contribution in [1.29, 1.82) is 0 Å². The predicted molar refractivity (Wildman–Crippen MR) is 113 cm³/mol. The number of H-pyrrole nitrogens is 1. The highest BCUT2D eigenvalue weighted by atomic mass is 19.4. The normalized spacial score (nSPS) is 15.9. The van der Waals surface area contributed by atoms with Gasteiger partial charge in [-0.2, -0.15) is 13.2 Å². The van der Waals surface area contributed by atoms with Gasteiger partial charge in [0.2, 0.25) is 5.91 Å². The van der Waals surface area contributed by atoms with E-state index in [0.717, 1.165) is 12.1 Å². The Hall–Kier alpha value is -3.37. The molecule has 1 saturated heterocycles. The molecule has 0 aliphatic carbocycles. The van der Waals surface area contributed by atoms with E-state index in [1.807, 2.05) is 0 Å². The number of nitrogens with one attached hydrogen (secondary N) is 2. The van der Waals surface area contributed by atoms with Crippen molar-refractivity contribution in [3.8, 4) is 5.75 Å². The minimum absolute atomic E-state index is 0.231. The van der Waals surface area contributed by atoms with Gasteiger partial charge in [0.15, 0.2) is 5.69 Å². The fourth-order valence-corrected chi connectivity index (χ4v) is 3.54. The number of hydrogen-bond acceptors (Lipinski definition) is 5. The van der Waals surface area contributed by atoms with Crippen molar-refractivity contribution >= 4 is 11.8 Å². The third-order valence-electron chi connectivity index (χ3n) is 5.38. The highest BCUT2D eigenvalue weighted by Crippen LogP contribution is 2.31. The number of carbonyl (C=O) groups is 2. The van der Waals surface area contributed by atoms with Crippen LogP contribution in [-0.4, -0.2) is 51.9 Å². The van der Waals surface area contributed by atoms with Gasteiger partial charge in [-0.1, -0.05) is 13.8 Å². The molecule has 2 N–H and O–H groups in total. The summed E-state index contributed by atoms with van der Waals surface area (Å²) in [6.07, 6.45) is -1.08. The smallest absolute Gasteiger partial charge is 0.416 e. The van der Waals surface area contributed by atoms with E-state index in [1.165, 1.54) is 24.5 Å². The second-order valence-corrected chi connectivity index (χ2v) is 8.13. The SMILES string of the molecule is CC(C)[C@H](NC(=O)c1ncc[nH]c1=O)C(=O)N1CCC(Oc2ccc(C(F)(F)F)cc2)CC1. The minimum atomic E-state index is -4.41. The molecule has 2 amide bonds. The highest BCUT2D eigenvalue weighted by molar-refractivity contribution is 5.95. The van der Waals surface area contributed by atoms with E-state index in [9.17, 15) is 27.6 Å². The van der Waals surface area contributed by atoms with Crippen molar-refractivity contribution in [3.05, 3.63) is 58.3 Å². The molecule has 0 bridgehead atoms. The fraction of sp³-hybridized carbons (Fsp3) is 0.455. The van der Waals surface area contributed by atoms with Crippen LogP contribution in [0.15, 0.2) is 41.5 Å². The van der Waals surface area contributed by atoms with Crippen LogP contribution in [-0.2, 0) is 11.0 Å². The Balaban J connectivity index is 1.57. The third kappa shape index (κ3) is 6.11. The number of benzene rings is 1. The van der Waals surface area contributed by atoms with Crippen molar-refractivity contribution in [2.75, 3.05) is 13.1 Å². The van der Waals surface area contributed by atoms with Crippen molar-refractivity contribution in [2.24, 2.45) is 5.92 Å². The molecule has 1 aromatic carbocycles. The van der Waals surface area contributed by atoms with Crippen LogP contribution in [0.5, 0.6) is 5.75 Å². The first-order chi connectivity index (χ1) is 15.6. The van der Waals surface area contributed by atoms with Crippen LogP contribution in [0.25, 0.3) is 0 Å². The van der Waals surface area contributed by atoms with E-state index in [2.05, 4.69) is 15.3 Å². The van der Waals surface area contributed by atoms with E-state index in [-0.39, 0.29) is 23.6 Å². The molecule has 2 heterocycles. The molecule has 0 radical (unpaired) electrons. The summed E-state index contributed by atoms with van der Waals surface area (Å²) in [5.74, 6) is -0.908. The second kappa shape index (κ2) is 10.1. The quantitative estimate of drug-likeness (QED) is 0.681. The van der Waals surface area contributed by atoms with Gasteiger partial charge in [-0.05, 0) is 30.2 Å². The Bertz CT molecular complexity index is 1030. The largest absolute Gasteiger partial charge is 0.490 e. The topological polar surface area (TPSA) is 104 Å². The Morgan fingerprint density at radius 1 is 1.18 bits per heavy atom. The first-order valence-electron chi connectivity index (χ1n) is 10.5. The van der Waals surface area contributed by atoms with Crippen LogP contribution in [0.1, 0.15) is 42.7 Å². The highest BCUT2D eigenvalue weighted by Gasteiger charge is 2.33. The Morgan fingerprint density at radius 2 is 1.82 bits per heavy atom. The van der Waals surface area contributed by atoms with Crippen LogP contribution >= 0.6 is 0 Å². The average Bonchev–Trinajstić information content (AvgIpc) is 2.77. The third-order valence-corrected chi connectivity index (χ3v) is 5.38. The van der Waals surface area contributed by atoms with Crippen molar-refractivity contribution < 1.29 is 27.5 Å². The zero-order valence-corrected chi connectivity index (χ0v) is 18.2. The molecular formula is C22H25F3N4O4. The predicted octanol–water partition coefficient (Wildman–Crippen LogP) is 2.61. The minimum Gasteiger partial charge on any atom is -0.490 e. The monoisotopic (exact) mass is 466 g/mol. The lowest BCUT2D eigenvalue weighted by molar-refractivity contribution is -0.137. The zero-order chi connectivity index (χ0) is 24.2. The summed E-state index contributed by atoms with van der Waals surface area (Å²) in [6.45, 7) is 4.30. The first-order valence-corrected chi connectivity index (χ1v) is 10.5. The Labute approximate surface area is 188 Å². The summed E-state index contributed by atoms with van der Waals surface area (Å²) in [6, 6.07) is 3.66. The number of halogens is 3.